The lowest BCUT2D eigenvalue weighted by Gasteiger charge is -2.36. The summed E-state index contributed by atoms with van der Waals surface area (Å²) in [6.45, 7) is 0. The van der Waals surface area contributed by atoms with Crippen molar-refractivity contribution in [1.82, 2.24) is 4.90 Å². The smallest absolute Gasteiger partial charge is 0.252 e. The molecule has 1 aromatic heterocycles. The van der Waals surface area contributed by atoms with Crippen molar-refractivity contribution in [3.63, 3.8) is 0 Å². The number of anilines is 2. The highest BCUT2D eigenvalue weighted by Crippen LogP contribution is 2.50. The standard InChI is InChI=1S/C20H16N2O3S/c1-21-18(24)15-10-14-13-7-2-3-8-16(13)26-20(14)22(17(15)19(21)25)11-5-4-6-12(23)9-11/h2-9,15,17,23H,10H2,1H3. The molecule has 2 aliphatic rings. The molecule has 3 aromatic rings. The maximum Gasteiger partial charge on any atom is 0.252 e. The van der Waals surface area contributed by atoms with E-state index in [0.717, 1.165) is 26.3 Å². The van der Waals surface area contributed by atoms with Crippen molar-refractivity contribution in [3.05, 3.63) is 54.1 Å². The molecule has 2 aromatic carbocycles. The Morgan fingerprint density at radius 2 is 1.88 bits per heavy atom. The molecule has 0 saturated carbocycles. The van der Waals surface area contributed by atoms with Gasteiger partial charge in [-0.15, -0.1) is 11.3 Å². The van der Waals surface area contributed by atoms with Crippen LogP contribution in [0.1, 0.15) is 5.56 Å². The van der Waals surface area contributed by atoms with E-state index in [-0.39, 0.29) is 17.6 Å². The maximum absolute atomic E-state index is 12.8. The Kier molecular flexibility index (Phi) is 3.15. The number of carbonyl (C=O) groups is 2. The monoisotopic (exact) mass is 364 g/mol. The number of hydrogen-bond acceptors (Lipinski definition) is 5. The Bertz CT molecular complexity index is 1070. The number of amides is 2. The van der Waals surface area contributed by atoms with E-state index in [2.05, 4.69) is 12.1 Å². The molecule has 0 spiro atoms. The normalized spacial score (nSPS) is 22.0. The van der Waals surface area contributed by atoms with Gasteiger partial charge < -0.3 is 10.0 Å². The lowest BCUT2D eigenvalue weighted by molar-refractivity contribution is -0.137. The molecule has 0 bridgehead atoms. The van der Waals surface area contributed by atoms with Crippen LogP contribution < -0.4 is 4.90 Å². The minimum atomic E-state index is -0.560. The van der Waals surface area contributed by atoms with Crippen molar-refractivity contribution in [2.45, 2.75) is 12.5 Å². The number of phenols is 1. The number of phenolic OH excluding ortho intramolecular Hbond substituents is 1. The third-order valence-corrected chi connectivity index (χ3v) is 6.53. The summed E-state index contributed by atoms with van der Waals surface area (Å²) in [5.41, 5.74) is 1.83. The van der Waals surface area contributed by atoms with Crippen LogP contribution in [-0.4, -0.2) is 34.9 Å². The molecular weight excluding hydrogens is 348 g/mol. The van der Waals surface area contributed by atoms with Gasteiger partial charge in [-0.3, -0.25) is 14.5 Å². The van der Waals surface area contributed by atoms with E-state index in [0.29, 0.717) is 6.42 Å². The lowest BCUT2D eigenvalue weighted by Crippen LogP contribution is -2.44. The quantitative estimate of drug-likeness (QED) is 0.673. The number of benzene rings is 2. The molecule has 1 saturated heterocycles. The number of likely N-dealkylation sites (N-methyl/N-ethyl adjacent to an activating group) is 1. The molecule has 0 aliphatic carbocycles. The van der Waals surface area contributed by atoms with E-state index in [4.69, 9.17) is 0 Å². The zero-order valence-electron chi connectivity index (χ0n) is 14.0. The first-order chi connectivity index (χ1) is 12.6. The van der Waals surface area contributed by atoms with Crippen molar-refractivity contribution in [3.8, 4) is 5.75 Å². The van der Waals surface area contributed by atoms with Gasteiger partial charge in [-0.25, -0.2) is 0 Å². The first-order valence-corrected chi connectivity index (χ1v) is 9.28. The van der Waals surface area contributed by atoms with Crippen molar-refractivity contribution in [2.75, 3.05) is 11.9 Å². The fourth-order valence-corrected chi connectivity index (χ4v) is 5.39. The molecular formula is C20H16N2O3S. The molecule has 5 nitrogen and oxygen atoms in total. The minimum absolute atomic E-state index is 0.133. The summed E-state index contributed by atoms with van der Waals surface area (Å²) in [6, 6.07) is 14.4. The number of nitrogens with zero attached hydrogens (tertiary/aromatic N) is 2. The van der Waals surface area contributed by atoms with Crippen LogP contribution in [0.3, 0.4) is 0 Å². The number of likely N-dealkylation sites (tertiary alicyclic amines) is 1. The van der Waals surface area contributed by atoms with Gasteiger partial charge in [-0.1, -0.05) is 24.3 Å². The molecule has 2 atom stereocenters. The van der Waals surface area contributed by atoms with Crippen LogP contribution in [-0.2, 0) is 16.0 Å². The van der Waals surface area contributed by atoms with Crippen molar-refractivity contribution < 1.29 is 14.7 Å². The molecule has 2 amide bonds. The second-order valence-corrected chi connectivity index (χ2v) is 7.79. The van der Waals surface area contributed by atoms with Gasteiger partial charge in [0.05, 0.1) is 5.92 Å². The predicted octanol–water partition coefficient (Wildman–Crippen LogP) is 3.28. The van der Waals surface area contributed by atoms with E-state index in [1.807, 2.05) is 23.1 Å². The molecule has 3 heterocycles. The van der Waals surface area contributed by atoms with E-state index in [1.165, 1.54) is 4.90 Å². The van der Waals surface area contributed by atoms with Gasteiger partial charge in [0.25, 0.3) is 5.91 Å². The maximum atomic E-state index is 12.8. The second kappa shape index (κ2) is 5.32. The number of rotatable bonds is 1. The molecule has 5 rings (SSSR count). The zero-order valence-corrected chi connectivity index (χ0v) is 14.9. The van der Waals surface area contributed by atoms with Gasteiger partial charge in [-0.2, -0.15) is 0 Å². The third-order valence-electron chi connectivity index (χ3n) is 5.32. The summed E-state index contributed by atoms with van der Waals surface area (Å²) in [5, 5.41) is 12.1. The topological polar surface area (TPSA) is 60.9 Å². The van der Waals surface area contributed by atoms with Crippen LogP contribution in [0.5, 0.6) is 5.75 Å². The molecule has 1 N–H and O–H groups in total. The molecule has 26 heavy (non-hydrogen) atoms. The van der Waals surface area contributed by atoms with E-state index < -0.39 is 12.0 Å². The number of carbonyl (C=O) groups excluding carboxylic acids is 2. The SMILES string of the molecule is CN1C(=O)C2Cc3c(sc4ccccc34)N(c3cccc(O)c3)C2C1=O. The summed E-state index contributed by atoms with van der Waals surface area (Å²) in [6.07, 6.45) is 0.564. The Balaban J connectivity index is 1.79. The van der Waals surface area contributed by atoms with Gasteiger partial charge >= 0.3 is 0 Å². The number of hydrogen-bond donors (Lipinski definition) is 1. The molecule has 1 fully saturated rings. The average Bonchev–Trinajstić information content (AvgIpc) is 3.12. The van der Waals surface area contributed by atoms with Crippen molar-refractivity contribution in [2.24, 2.45) is 5.92 Å². The van der Waals surface area contributed by atoms with E-state index in [1.54, 1.807) is 36.6 Å². The molecule has 0 radical (unpaired) electrons. The van der Waals surface area contributed by atoms with E-state index in [9.17, 15) is 14.7 Å². The Hall–Kier alpha value is -2.86. The van der Waals surface area contributed by atoms with Crippen molar-refractivity contribution in [1.29, 1.82) is 0 Å². The van der Waals surface area contributed by atoms with Crippen molar-refractivity contribution >= 4 is 43.9 Å². The van der Waals surface area contributed by atoms with Crippen LogP contribution >= 0.6 is 11.3 Å². The Morgan fingerprint density at radius 1 is 1.08 bits per heavy atom. The highest BCUT2D eigenvalue weighted by atomic mass is 32.1. The second-order valence-electron chi connectivity index (χ2n) is 6.76. The number of thiophene rings is 1. The van der Waals surface area contributed by atoms with Gasteiger partial charge in [0.1, 0.15) is 16.8 Å². The minimum Gasteiger partial charge on any atom is -0.508 e. The summed E-state index contributed by atoms with van der Waals surface area (Å²) in [4.78, 5) is 28.7. The number of fused-ring (bicyclic) bond motifs is 4. The molecule has 130 valence electrons. The highest BCUT2D eigenvalue weighted by Gasteiger charge is 2.53. The van der Waals surface area contributed by atoms with Gasteiger partial charge in [0.15, 0.2) is 0 Å². The average molecular weight is 364 g/mol. The first kappa shape index (κ1) is 15.4. The predicted molar refractivity (Wildman–Crippen MR) is 101 cm³/mol. The summed E-state index contributed by atoms with van der Waals surface area (Å²) in [5.74, 6) is -0.588. The van der Waals surface area contributed by atoms with Gasteiger partial charge in [0, 0.05) is 23.5 Å². The van der Waals surface area contributed by atoms with E-state index >= 15 is 0 Å². The van der Waals surface area contributed by atoms with Crippen LogP contribution in [0.15, 0.2) is 48.5 Å². The van der Waals surface area contributed by atoms with Crippen LogP contribution in [0.25, 0.3) is 10.1 Å². The Morgan fingerprint density at radius 3 is 2.69 bits per heavy atom. The largest absolute Gasteiger partial charge is 0.508 e. The third kappa shape index (κ3) is 1.96. The summed E-state index contributed by atoms with van der Waals surface area (Å²) in [7, 11) is 1.55. The lowest BCUT2D eigenvalue weighted by atomic mass is 9.88. The van der Waals surface area contributed by atoms with Crippen LogP contribution in [0, 0.1) is 5.92 Å². The fourth-order valence-electron chi connectivity index (χ4n) is 4.10. The number of aromatic hydroxyl groups is 1. The highest BCUT2D eigenvalue weighted by molar-refractivity contribution is 7.23. The first-order valence-electron chi connectivity index (χ1n) is 8.46. The summed E-state index contributed by atoms with van der Waals surface area (Å²) >= 11 is 1.62. The van der Waals surface area contributed by atoms with Crippen LogP contribution in [0.2, 0.25) is 0 Å². The number of imide groups is 1. The summed E-state index contributed by atoms with van der Waals surface area (Å²) < 4.78 is 1.14. The van der Waals surface area contributed by atoms with Gasteiger partial charge in [0.2, 0.25) is 5.91 Å². The van der Waals surface area contributed by atoms with Gasteiger partial charge in [-0.05, 0) is 35.6 Å². The molecule has 6 heteroatoms. The molecule has 2 unspecified atom stereocenters. The molecule has 2 aliphatic heterocycles. The fraction of sp³-hybridized carbons (Fsp3) is 0.200. The van der Waals surface area contributed by atoms with Crippen LogP contribution in [0.4, 0.5) is 10.7 Å². The Labute approximate surface area is 154 Å². The zero-order chi connectivity index (χ0) is 18.0.